The summed E-state index contributed by atoms with van der Waals surface area (Å²) in [6, 6.07) is 15.0. The van der Waals surface area contributed by atoms with Crippen LogP contribution in [-0.2, 0) is 19.7 Å². The molecule has 0 saturated carbocycles. The average molecular weight is 455 g/mol. The molecule has 0 bridgehead atoms. The standard InChI is InChI=1S/C25H30N2O4S/c1-17-13-14-27(20-7-5-6-8-21(20)32-17)22(28)16-31-23(29)15-26-24(30)18-9-11-19(12-10-18)25(2,3)4/h5-12,17H,13-16H2,1-4H3,(H,26,30). The van der Waals surface area contributed by atoms with Crippen molar-refractivity contribution >= 4 is 35.2 Å². The molecule has 0 fully saturated rings. The summed E-state index contributed by atoms with van der Waals surface area (Å²) in [7, 11) is 0. The van der Waals surface area contributed by atoms with Crippen LogP contribution in [0.4, 0.5) is 5.69 Å². The number of esters is 1. The normalized spacial score (nSPS) is 16.0. The first-order valence-electron chi connectivity index (χ1n) is 10.8. The minimum atomic E-state index is -0.649. The van der Waals surface area contributed by atoms with Crippen LogP contribution >= 0.6 is 11.8 Å². The van der Waals surface area contributed by atoms with Crippen LogP contribution in [0, 0.1) is 0 Å². The van der Waals surface area contributed by atoms with Crippen LogP contribution in [0.5, 0.6) is 0 Å². The van der Waals surface area contributed by atoms with E-state index in [0.29, 0.717) is 17.4 Å². The molecule has 6 nitrogen and oxygen atoms in total. The van der Waals surface area contributed by atoms with E-state index in [4.69, 9.17) is 4.74 Å². The third-order valence-corrected chi connectivity index (χ3v) is 6.54. The lowest BCUT2D eigenvalue weighted by Crippen LogP contribution is -2.37. The summed E-state index contributed by atoms with van der Waals surface area (Å²) >= 11 is 1.74. The largest absolute Gasteiger partial charge is 0.454 e. The highest BCUT2D eigenvalue weighted by atomic mass is 32.2. The van der Waals surface area contributed by atoms with Crippen LogP contribution in [-0.4, -0.2) is 42.7 Å². The number of rotatable bonds is 5. The van der Waals surface area contributed by atoms with Crippen LogP contribution in [0.25, 0.3) is 0 Å². The highest BCUT2D eigenvalue weighted by Crippen LogP contribution is 2.37. The molecule has 1 N–H and O–H groups in total. The second kappa shape index (κ2) is 10.2. The second-order valence-corrected chi connectivity index (χ2v) is 10.4. The molecule has 3 rings (SSSR count). The Morgan fingerprint density at radius 3 is 2.47 bits per heavy atom. The molecular weight excluding hydrogens is 424 g/mol. The van der Waals surface area contributed by atoms with Crippen LogP contribution < -0.4 is 10.2 Å². The molecular formula is C25H30N2O4S. The van der Waals surface area contributed by atoms with Crippen molar-refractivity contribution in [3.05, 3.63) is 59.7 Å². The maximum absolute atomic E-state index is 12.7. The van der Waals surface area contributed by atoms with Crippen LogP contribution in [0.15, 0.2) is 53.4 Å². The lowest BCUT2D eigenvalue weighted by atomic mass is 9.87. The first kappa shape index (κ1) is 23.9. The fourth-order valence-corrected chi connectivity index (χ4v) is 4.51. The summed E-state index contributed by atoms with van der Waals surface area (Å²) in [5, 5.41) is 2.94. The van der Waals surface area contributed by atoms with E-state index in [1.54, 1.807) is 28.8 Å². The summed E-state index contributed by atoms with van der Waals surface area (Å²) < 4.78 is 5.14. The van der Waals surface area contributed by atoms with Gasteiger partial charge in [-0.05, 0) is 41.7 Å². The maximum Gasteiger partial charge on any atom is 0.325 e. The Bertz CT molecular complexity index is 982. The van der Waals surface area contributed by atoms with Gasteiger partial charge in [0, 0.05) is 22.3 Å². The fraction of sp³-hybridized carbons (Fsp3) is 0.400. The third-order valence-electron chi connectivity index (χ3n) is 5.31. The van der Waals surface area contributed by atoms with Gasteiger partial charge in [0.25, 0.3) is 11.8 Å². The molecule has 2 aromatic carbocycles. The molecule has 32 heavy (non-hydrogen) atoms. The third kappa shape index (κ3) is 6.13. The molecule has 170 valence electrons. The van der Waals surface area contributed by atoms with Crippen LogP contribution in [0.3, 0.4) is 0 Å². The molecule has 0 spiro atoms. The molecule has 0 radical (unpaired) electrons. The molecule has 2 aromatic rings. The number of amides is 2. The van der Waals surface area contributed by atoms with E-state index in [1.165, 1.54) is 0 Å². The number of carbonyl (C=O) groups excluding carboxylic acids is 3. The predicted octanol–water partition coefficient (Wildman–Crippen LogP) is 4.17. The minimum absolute atomic E-state index is 0.00400. The number of para-hydroxylation sites is 1. The van der Waals surface area contributed by atoms with Crippen molar-refractivity contribution in [2.45, 2.75) is 49.7 Å². The van der Waals surface area contributed by atoms with E-state index >= 15 is 0 Å². The summed E-state index contributed by atoms with van der Waals surface area (Å²) in [6.07, 6.45) is 0.850. The number of thioether (sulfide) groups is 1. The summed E-state index contributed by atoms with van der Waals surface area (Å²) in [6.45, 7) is 8.35. The molecule has 2 amide bonds. The lowest BCUT2D eigenvalue weighted by molar-refractivity contribution is -0.146. The summed E-state index contributed by atoms with van der Waals surface area (Å²) in [5.41, 5.74) is 2.43. The van der Waals surface area contributed by atoms with Gasteiger partial charge in [-0.15, -0.1) is 11.8 Å². The van der Waals surface area contributed by atoms with E-state index in [-0.39, 0.29) is 30.4 Å². The molecule has 0 aliphatic carbocycles. The molecule has 1 aliphatic heterocycles. The van der Waals surface area contributed by atoms with Crippen molar-refractivity contribution in [3.8, 4) is 0 Å². The SMILES string of the molecule is CC1CCN(C(=O)COC(=O)CNC(=O)c2ccc(C(C)(C)C)cc2)c2ccccc2S1. The Hall–Kier alpha value is -2.80. The Morgan fingerprint density at radius 1 is 1.09 bits per heavy atom. The maximum atomic E-state index is 12.7. The molecule has 1 atom stereocenters. The summed E-state index contributed by atoms with van der Waals surface area (Å²) in [5.74, 6) is -1.28. The van der Waals surface area contributed by atoms with Gasteiger partial charge in [-0.25, -0.2) is 0 Å². The van der Waals surface area contributed by atoms with E-state index in [9.17, 15) is 14.4 Å². The van der Waals surface area contributed by atoms with E-state index in [1.807, 2.05) is 36.4 Å². The zero-order chi connectivity index (χ0) is 23.3. The summed E-state index contributed by atoms with van der Waals surface area (Å²) in [4.78, 5) is 39.9. The number of benzene rings is 2. The number of hydrogen-bond donors (Lipinski definition) is 1. The molecule has 1 unspecified atom stereocenters. The van der Waals surface area contributed by atoms with Gasteiger partial charge in [-0.2, -0.15) is 0 Å². The van der Waals surface area contributed by atoms with Gasteiger partial charge in [0.15, 0.2) is 6.61 Å². The minimum Gasteiger partial charge on any atom is -0.454 e. The van der Waals surface area contributed by atoms with Crippen molar-refractivity contribution in [1.29, 1.82) is 0 Å². The highest BCUT2D eigenvalue weighted by Gasteiger charge is 2.25. The number of anilines is 1. The zero-order valence-electron chi connectivity index (χ0n) is 19.0. The molecule has 0 aromatic heterocycles. The molecule has 7 heteroatoms. The van der Waals surface area contributed by atoms with Crippen molar-refractivity contribution in [3.63, 3.8) is 0 Å². The van der Waals surface area contributed by atoms with Gasteiger partial charge in [-0.1, -0.05) is 52.0 Å². The van der Waals surface area contributed by atoms with Gasteiger partial charge < -0.3 is 15.0 Å². The molecule has 1 heterocycles. The van der Waals surface area contributed by atoms with Crippen molar-refractivity contribution < 1.29 is 19.1 Å². The van der Waals surface area contributed by atoms with Crippen molar-refractivity contribution in [1.82, 2.24) is 5.32 Å². The topological polar surface area (TPSA) is 75.7 Å². The Balaban J connectivity index is 1.51. The quantitative estimate of drug-likeness (QED) is 0.686. The average Bonchev–Trinajstić information content (AvgIpc) is 2.93. The molecule has 0 saturated heterocycles. The van der Waals surface area contributed by atoms with Gasteiger partial charge in [0.1, 0.15) is 6.54 Å². The highest BCUT2D eigenvalue weighted by molar-refractivity contribution is 8.00. The predicted molar refractivity (Wildman–Crippen MR) is 127 cm³/mol. The smallest absolute Gasteiger partial charge is 0.325 e. The number of nitrogens with one attached hydrogen (secondary N) is 1. The van der Waals surface area contributed by atoms with Gasteiger partial charge in [-0.3, -0.25) is 14.4 Å². The number of fused-ring (bicyclic) bond motifs is 1. The second-order valence-electron chi connectivity index (χ2n) is 8.90. The van der Waals surface area contributed by atoms with Crippen LogP contribution in [0.1, 0.15) is 50.0 Å². The number of ether oxygens (including phenoxy) is 1. The first-order valence-corrected chi connectivity index (χ1v) is 11.6. The van der Waals surface area contributed by atoms with Crippen molar-refractivity contribution in [2.24, 2.45) is 0 Å². The first-order chi connectivity index (χ1) is 15.1. The Kier molecular flexibility index (Phi) is 7.61. The molecule has 1 aliphatic rings. The monoisotopic (exact) mass is 454 g/mol. The van der Waals surface area contributed by atoms with Crippen molar-refractivity contribution in [2.75, 3.05) is 24.6 Å². The van der Waals surface area contributed by atoms with E-state index in [2.05, 4.69) is 33.0 Å². The van der Waals surface area contributed by atoms with Gasteiger partial charge in [0.05, 0.1) is 5.69 Å². The van der Waals surface area contributed by atoms with Gasteiger partial charge in [0.2, 0.25) is 0 Å². The Morgan fingerprint density at radius 2 is 1.78 bits per heavy atom. The lowest BCUT2D eigenvalue weighted by Gasteiger charge is -2.22. The number of carbonyl (C=O) groups is 3. The Labute approximate surface area is 193 Å². The number of nitrogens with zero attached hydrogens (tertiary/aromatic N) is 1. The number of hydrogen-bond acceptors (Lipinski definition) is 5. The van der Waals surface area contributed by atoms with E-state index in [0.717, 1.165) is 22.6 Å². The van der Waals surface area contributed by atoms with E-state index < -0.39 is 5.97 Å². The fourth-order valence-electron chi connectivity index (χ4n) is 3.39. The zero-order valence-corrected chi connectivity index (χ0v) is 19.8. The van der Waals surface area contributed by atoms with Crippen LogP contribution in [0.2, 0.25) is 0 Å². The van der Waals surface area contributed by atoms with Gasteiger partial charge >= 0.3 is 5.97 Å².